The average Bonchev–Trinajstić information content (AvgIpc) is 2.05. The van der Waals surface area contributed by atoms with Gasteiger partial charge in [-0.05, 0) is 0 Å². The molecular formula is C7H11NO3. The SMILES string of the molecule is CCC(=O)C(C)C(C=O)N=O. The molecule has 2 unspecified atom stereocenters. The normalized spacial score (nSPS) is 15.1. The topological polar surface area (TPSA) is 63.6 Å². The molecule has 0 bridgehead atoms. The van der Waals surface area contributed by atoms with E-state index >= 15 is 0 Å². The number of aldehydes is 1. The molecule has 0 radical (unpaired) electrons. The number of Topliss-reactive ketones (excluding diaryl/α,β-unsaturated/α-hetero) is 1. The Bertz CT molecular complexity index is 159. The summed E-state index contributed by atoms with van der Waals surface area (Å²) in [5.74, 6) is -0.684. The predicted molar refractivity (Wildman–Crippen MR) is 40.1 cm³/mol. The van der Waals surface area contributed by atoms with Crippen LogP contribution in [0.5, 0.6) is 0 Å². The molecule has 0 aliphatic heterocycles. The minimum atomic E-state index is -1.01. The van der Waals surface area contributed by atoms with Crippen molar-refractivity contribution in [2.24, 2.45) is 11.1 Å². The second kappa shape index (κ2) is 4.71. The Morgan fingerprint density at radius 2 is 2.18 bits per heavy atom. The number of nitrogens with zero attached hydrogens (tertiary/aromatic N) is 1. The molecule has 0 heterocycles. The van der Waals surface area contributed by atoms with Crippen molar-refractivity contribution >= 4 is 12.1 Å². The van der Waals surface area contributed by atoms with E-state index in [9.17, 15) is 14.5 Å². The second-order valence-electron chi connectivity index (χ2n) is 2.34. The summed E-state index contributed by atoms with van der Waals surface area (Å²) in [7, 11) is 0. The van der Waals surface area contributed by atoms with Gasteiger partial charge in [0.25, 0.3) is 0 Å². The van der Waals surface area contributed by atoms with Gasteiger partial charge >= 0.3 is 0 Å². The Morgan fingerprint density at radius 1 is 1.64 bits per heavy atom. The summed E-state index contributed by atoms with van der Waals surface area (Å²) in [4.78, 5) is 31.0. The van der Waals surface area contributed by atoms with Crippen molar-refractivity contribution in [3.05, 3.63) is 4.91 Å². The predicted octanol–water partition coefficient (Wildman–Crippen LogP) is 0.935. The summed E-state index contributed by atoms with van der Waals surface area (Å²) in [5, 5.41) is 2.54. The molecular weight excluding hydrogens is 146 g/mol. The Morgan fingerprint density at radius 3 is 2.45 bits per heavy atom. The first-order valence-corrected chi connectivity index (χ1v) is 3.47. The van der Waals surface area contributed by atoms with E-state index in [-0.39, 0.29) is 5.78 Å². The zero-order valence-corrected chi connectivity index (χ0v) is 6.61. The van der Waals surface area contributed by atoms with Gasteiger partial charge in [0.2, 0.25) is 0 Å². The highest BCUT2D eigenvalue weighted by atomic mass is 16.3. The van der Waals surface area contributed by atoms with E-state index in [0.29, 0.717) is 12.7 Å². The van der Waals surface area contributed by atoms with Gasteiger partial charge in [-0.25, -0.2) is 0 Å². The summed E-state index contributed by atoms with van der Waals surface area (Å²) >= 11 is 0. The Balaban J connectivity index is 4.18. The van der Waals surface area contributed by atoms with Crippen LogP contribution in [0.3, 0.4) is 0 Å². The molecule has 0 amide bonds. The second-order valence-corrected chi connectivity index (χ2v) is 2.34. The summed E-state index contributed by atoms with van der Waals surface area (Å²) in [6.45, 7) is 3.22. The van der Waals surface area contributed by atoms with Crippen molar-refractivity contribution in [1.82, 2.24) is 0 Å². The molecule has 4 heteroatoms. The Kier molecular flexibility index (Phi) is 4.26. The number of hydrogen-bond acceptors (Lipinski definition) is 4. The third kappa shape index (κ3) is 2.57. The van der Waals surface area contributed by atoms with Gasteiger partial charge in [-0.15, -0.1) is 0 Å². The number of rotatable bonds is 5. The molecule has 0 aliphatic carbocycles. The molecule has 0 fully saturated rings. The minimum absolute atomic E-state index is 0.110. The fourth-order valence-corrected chi connectivity index (χ4v) is 0.746. The van der Waals surface area contributed by atoms with Crippen molar-refractivity contribution in [2.75, 3.05) is 0 Å². The first-order valence-electron chi connectivity index (χ1n) is 3.47. The quantitative estimate of drug-likeness (QED) is 0.440. The molecule has 0 aromatic rings. The maximum Gasteiger partial charge on any atom is 0.156 e. The first kappa shape index (κ1) is 9.94. The third-order valence-corrected chi connectivity index (χ3v) is 1.63. The lowest BCUT2D eigenvalue weighted by atomic mass is 9.97. The van der Waals surface area contributed by atoms with Crippen molar-refractivity contribution in [2.45, 2.75) is 26.3 Å². The number of ketones is 1. The lowest BCUT2D eigenvalue weighted by molar-refractivity contribution is -0.124. The Labute approximate surface area is 64.9 Å². The summed E-state index contributed by atoms with van der Waals surface area (Å²) < 4.78 is 0. The van der Waals surface area contributed by atoms with Gasteiger partial charge in [0.1, 0.15) is 12.1 Å². The van der Waals surface area contributed by atoms with E-state index in [1.165, 1.54) is 6.92 Å². The van der Waals surface area contributed by atoms with Crippen LogP contribution in [0.25, 0.3) is 0 Å². The standard InChI is InChI=1S/C7H11NO3/c1-3-7(10)5(2)6(4-9)8-11/h4-6H,3H2,1-2H3. The summed E-state index contributed by atoms with van der Waals surface area (Å²) in [6, 6.07) is -1.01. The molecule has 2 atom stereocenters. The third-order valence-electron chi connectivity index (χ3n) is 1.63. The molecule has 62 valence electrons. The van der Waals surface area contributed by atoms with Crippen LogP contribution in [-0.2, 0) is 9.59 Å². The molecule has 0 saturated carbocycles. The molecule has 0 aliphatic rings. The average molecular weight is 157 g/mol. The number of carbonyl (C=O) groups is 2. The van der Waals surface area contributed by atoms with Crippen molar-refractivity contribution in [1.29, 1.82) is 0 Å². The molecule has 4 nitrogen and oxygen atoms in total. The van der Waals surface area contributed by atoms with Crippen molar-refractivity contribution in [3.63, 3.8) is 0 Å². The van der Waals surface area contributed by atoms with Gasteiger partial charge in [-0.1, -0.05) is 19.0 Å². The highest BCUT2D eigenvalue weighted by Gasteiger charge is 2.22. The fourth-order valence-electron chi connectivity index (χ4n) is 0.746. The molecule has 0 aromatic heterocycles. The highest BCUT2D eigenvalue weighted by molar-refractivity contribution is 5.84. The maximum atomic E-state index is 10.9. The van der Waals surface area contributed by atoms with Crippen molar-refractivity contribution in [3.8, 4) is 0 Å². The zero-order valence-electron chi connectivity index (χ0n) is 6.61. The van der Waals surface area contributed by atoms with E-state index < -0.39 is 12.0 Å². The van der Waals surface area contributed by atoms with Gasteiger partial charge < -0.3 is 4.79 Å². The van der Waals surface area contributed by atoms with Gasteiger partial charge in [-0.2, -0.15) is 4.91 Å². The van der Waals surface area contributed by atoms with Crippen LogP contribution >= 0.6 is 0 Å². The molecule has 0 spiro atoms. The first-order chi connectivity index (χ1) is 5.17. The fraction of sp³-hybridized carbons (Fsp3) is 0.714. The zero-order chi connectivity index (χ0) is 8.85. The minimum Gasteiger partial charge on any atom is -0.301 e. The molecule has 0 N–H and O–H groups in total. The van der Waals surface area contributed by atoms with Gasteiger partial charge in [-0.3, -0.25) is 4.79 Å². The van der Waals surface area contributed by atoms with E-state index in [0.717, 1.165) is 0 Å². The molecule has 0 rings (SSSR count). The van der Waals surface area contributed by atoms with Gasteiger partial charge in [0.05, 0.1) is 0 Å². The number of carbonyl (C=O) groups excluding carboxylic acids is 2. The van der Waals surface area contributed by atoms with Gasteiger partial charge in [0.15, 0.2) is 6.04 Å². The molecule has 11 heavy (non-hydrogen) atoms. The number of nitroso groups, excluding NO2 is 1. The summed E-state index contributed by atoms with van der Waals surface area (Å²) in [6.07, 6.45) is 0.742. The van der Waals surface area contributed by atoms with E-state index in [4.69, 9.17) is 0 Å². The van der Waals surface area contributed by atoms with Crippen LogP contribution in [0.1, 0.15) is 20.3 Å². The van der Waals surface area contributed by atoms with Crippen LogP contribution in [0.4, 0.5) is 0 Å². The van der Waals surface area contributed by atoms with Gasteiger partial charge in [0, 0.05) is 12.3 Å². The lowest BCUT2D eigenvalue weighted by Gasteiger charge is -2.08. The van der Waals surface area contributed by atoms with E-state index in [1.807, 2.05) is 0 Å². The van der Waals surface area contributed by atoms with Crippen LogP contribution in [-0.4, -0.2) is 18.1 Å². The Hall–Kier alpha value is -1.06. The molecule has 0 saturated heterocycles. The number of hydrogen-bond donors (Lipinski definition) is 0. The summed E-state index contributed by atoms with van der Waals surface area (Å²) in [5.41, 5.74) is 0. The smallest absolute Gasteiger partial charge is 0.156 e. The van der Waals surface area contributed by atoms with Crippen LogP contribution < -0.4 is 0 Å². The van der Waals surface area contributed by atoms with Crippen LogP contribution in [0.2, 0.25) is 0 Å². The van der Waals surface area contributed by atoms with Crippen LogP contribution in [0.15, 0.2) is 5.18 Å². The molecule has 0 aromatic carbocycles. The van der Waals surface area contributed by atoms with E-state index in [2.05, 4.69) is 5.18 Å². The monoisotopic (exact) mass is 157 g/mol. The maximum absolute atomic E-state index is 10.9. The van der Waals surface area contributed by atoms with E-state index in [1.54, 1.807) is 6.92 Å². The largest absolute Gasteiger partial charge is 0.301 e. The van der Waals surface area contributed by atoms with Crippen LogP contribution in [0, 0.1) is 10.8 Å². The highest BCUT2D eigenvalue weighted by Crippen LogP contribution is 2.07. The van der Waals surface area contributed by atoms with Crippen molar-refractivity contribution < 1.29 is 9.59 Å². The lowest BCUT2D eigenvalue weighted by Crippen LogP contribution is -2.24.